The highest BCUT2D eigenvalue weighted by molar-refractivity contribution is 5.54. The van der Waals surface area contributed by atoms with E-state index in [9.17, 15) is 0 Å². The molecule has 2 N–H and O–H groups in total. The second kappa shape index (κ2) is 6.03. The summed E-state index contributed by atoms with van der Waals surface area (Å²) in [7, 11) is 1.75. The summed E-state index contributed by atoms with van der Waals surface area (Å²) in [5, 5.41) is 0. The van der Waals surface area contributed by atoms with Crippen LogP contribution in [0.5, 0.6) is 0 Å². The summed E-state index contributed by atoms with van der Waals surface area (Å²) in [5.41, 5.74) is 8.68. The first kappa shape index (κ1) is 12.4. The van der Waals surface area contributed by atoms with E-state index in [0.717, 1.165) is 39.0 Å². The summed E-state index contributed by atoms with van der Waals surface area (Å²) in [6.45, 7) is 2.93. The molecule has 0 atom stereocenters. The second-order valence-electron chi connectivity index (χ2n) is 4.70. The smallest absolute Gasteiger partial charge is 0.0503 e. The van der Waals surface area contributed by atoms with Crippen LogP contribution < -0.4 is 10.6 Å². The lowest BCUT2D eigenvalue weighted by Gasteiger charge is -2.33. The van der Waals surface area contributed by atoms with Gasteiger partial charge in [0, 0.05) is 31.9 Å². The second-order valence-corrected chi connectivity index (χ2v) is 4.70. The van der Waals surface area contributed by atoms with Gasteiger partial charge in [-0.15, -0.1) is 0 Å². The normalized spacial score (nSPS) is 17.4. The molecular weight excluding hydrogens is 212 g/mol. The van der Waals surface area contributed by atoms with Crippen LogP contribution in [0.15, 0.2) is 24.3 Å². The fraction of sp³-hybridized carbons (Fsp3) is 0.571. The maximum atomic E-state index is 5.95. The molecule has 0 bridgehead atoms. The van der Waals surface area contributed by atoms with Gasteiger partial charge in [0.05, 0.1) is 6.61 Å². The minimum absolute atomic E-state index is 0.386. The molecule has 2 rings (SSSR count). The van der Waals surface area contributed by atoms with Gasteiger partial charge in [0.2, 0.25) is 0 Å². The molecule has 1 heterocycles. The summed E-state index contributed by atoms with van der Waals surface area (Å²) in [4.78, 5) is 2.45. The largest absolute Gasteiger partial charge is 0.384 e. The Bertz CT molecular complexity index is 346. The van der Waals surface area contributed by atoms with Crippen LogP contribution in [0, 0.1) is 0 Å². The van der Waals surface area contributed by atoms with Gasteiger partial charge in [-0.1, -0.05) is 18.2 Å². The van der Waals surface area contributed by atoms with Crippen molar-refractivity contribution in [1.29, 1.82) is 0 Å². The molecule has 0 aliphatic carbocycles. The highest BCUT2D eigenvalue weighted by Gasteiger charge is 2.17. The molecule has 0 radical (unpaired) electrons. The fourth-order valence-electron chi connectivity index (χ4n) is 2.38. The number of rotatable bonds is 4. The van der Waals surface area contributed by atoms with Crippen LogP contribution in [0.3, 0.4) is 0 Å². The van der Waals surface area contributed by atoms with Crippen molar-refractivity contribution in [3.8, 4) is 0 Å². The molecule has 1 fully saturated rings. The van der Waals surface area contributed by atoms with E-state index in [1.165, 1.54) is 11.3 Å². The van der Waals surface area contributed by atoms with E-state index in [1.807, 2.05) is 0 Å². The molecule has 0 spiro atoms. The van der Waals surface area contributed by atoms with Crippen molar-refractivity contribution in [2.24, 2.45) is 5.73 Å². The SMILES string of the molecule is COCCc1ccccc1N1CCC(N)CC1. The predicted molar refractivity (Wildman–Crippen MR) is 71.4 cm³/mol. The number of piperidine rings is 1. The quantitative estimate of drug-likeness (QED) is 0.863. The zero-order valence-corrected chi connectivity index (χ0v) is 10.6. The van der Waals surface area contributed by atoms with Crippen LogP contribution in [-0.2, 0) is 11.2 Å². The van der Waals surface area contributed by atoms with Crippen molar-refractivity contribution in [2.45, 2.75) is 25.3 Å². The standard InChI is InChI=1S/C14H22N2O/c1-17-11-8-12-4-2-3-5-14(12)16-9-6-13(15)7-10-16/h2-5,13H,6-11,15H2,1H3. The molecule has 0 saturated carbocycles. The lowest BCUT2D eigenvalue weighted by atomic mass is 10.0. The summed E-state index contributed by atoms with van der Waals surface area (Å²) in [6, 6.07) is 9.01. The van der Waals surface area contributed by atoms with Crippen molar-refractivity contribution >= 4 is 5.69 Å². The molecule has 3 heteroatoms. The van der Waals surface area contributed by atoms with Gasteiger partial charge in [0.15, 0.2) is 0 Å². The Hall–Kier alpha value is -1.06. The number of nitrogens with zero attached hydrogens (tertiary/aromatic N) is 1. The number of hydrogen-bond donors (Lipinski definition) is 1. The molecule has 1 aliphatic rings. The Morgan fingerprint density at radius 3 is 2.71 bits per heavy atom. The zero-order valence-electron chi connectivity index (χ0n) is 10.6. The number of anilines is 1. The average Bonchev–Trinajstić information content (AvgIpc) is 2.38. The number of benzene rings is 1. The third-order valence-corrected chi connectivity index (χ3v) is 3.45. The van der Waals surface area contributed by atoms with Gasteiger partial charge in [-0.25, -0.2) is 0 Å². The van der Waals surface area contributed by atoms with E-state index in [2.05, 4.69) is 29.2 Å². The van der Waals surface area contributed by atoms with E-state index < -0.39 is 0 Å². The Morgan fingerprint density at radius 1 is 1.29 bits per heavy atom. The predicted octanol–water partition coefficient (Wildman–Crippen LogP) is 1.80. The number of nitrogens with two attached hydrogens (primary N) is 1. The van der Waals surface area contributed by atoms with Crippen LogP contribution in [0.25, 0.3) is 0 Å². The minimum Gasteiger partial charge on any atom is -0.384 e. The van der Waals surface area contributed by atoms with Crippen LogP contribution >= 0.6 is 0 Å². The number of hydrogen-bond acceptors (Lipinski definition) is 3. The lowest BCUT2D eigenvalue weighted by molar-refractivity contribution is 0.202. The van der Waals surface area contributed by atoms with Gasteiger partial charge in [-0.3, -0.25) is 0 Å². The molecule has 17 heavy (non-hydrogen) atoms. The number of ether oxygens (including phenoxy) is 1. The maximum Gasteiger partial charge on any atom is 0.0503 e. The van der Waals surface area contributed by atoms with Crippen LogP contribution in [0.2, 0.25) is 0 Å². The summed E-state index contributed by atoms with van der Waals surface area (Å²) < 4.78 is 5.17. The molecule has 3 nitrogen and oxygen atoms in total. The first-order chi connectivity index (χ1) is 8.31. The summed E-state index contributed by atoms with van der Waals surface area (Å²) >= 11 is 0. The van der Waals surface area contributed by atoms with E-state index >= 15 is 0 Å². The molecule has 0 amide bonds. The van der Waals surface area contributed by atoms with Crippen LogP contribution in [0.1, 0.15) is 18.4 Å². The van der Waals surface area contributed by atoms with Crippen molar-refractivity contribution in [1.82, 2.24) is 0 Å². The molecule has 94 valence electrons. The van der Waals surface area contributed by atoms with Gasteiger partial charge in [0.1, 0.15) is 0 Å². The van der Waals surface area contributed by atoms with Crippen LogP contribution in [0.4, 0.5) is 5.69 Å². The monoisotopic (exact) mass is 234 g/mol. The zero-order chi connectivity index (χ0) is 12.1. The minimum atomic E-state index is 0.386. The van der Waals surface area contributed by atoms with E-state index in [1.54, 1.807) is 7.11 Å². The first-order valence-electron chi connectivity index (χ1n) is 6.38. The highest BCUT2D eigenvalue weighted by Crippen LogP contribution is 2.24. The third-order valence-electron chi connectivity index (χ3n) is 3.45. The maximum absolute atomic E-state index is 5.95. The molecule has 0 aromatic heterocycles. The number of methoxy groups -OCH3 is 1. The van der Waals surface area contributed by atoms with Crippen molar-refractivity contribution in [3.05, 3.63) is 29.8 Å². The Labute approximate surface area is 104 Å². The lowest BCUT2D eigenvalue weighted by Crippen LogP contribution is -2.40. The molecular formula is C14H22N2O. The van der Waals surface area contributed by atoms with Crippen molar-refractivity contribution < 1.29 is 4.74 Å². The topological polar surface area (TPSA) is 38.5 Å². The molecule has 1 aromatic carbocycles. The van der Waals surface area contributed by atoms with Crippen molar-refractivity contribution in [3.63, 3.8) is 0 Å². The molecule has 0 unspecified atom stereocenters. The number of para-hydroxylation sites is 1. The third kappa shape index (κ3) is 3.20. The Kier molecular flexibility index (Phi) is 4.40. The fourth-order valence-corrected chi connectivity index (χ4v) is 2.38. The Morgan fingerprint density at radius 2 is 2.00 bits per heavy atom. The van der Waals surface area contributed by atoms with E-state index in [0.29, 0.717) is 6.04 Å². The van der Waals surface area contributed by atoms with Gasteiger partial charge in [0.25, 0.3) is 0 Å². The molecule has 1 aliphatic heterocycles. The van der Waals surface area contributed by atoms with Gasteiger partial charge >= 0.3 is 0 Å². The van der Waals surface area contributed by atoms with Gasteiger partial charge in [-0.05, 0) is 30.9 Å². The molecule has 1 aromatic rings. The Balaban J connectivity index is 2.08. The van der Waals surface area contributed by atoms with Crippen molar-refractivity contribution in [2.75, 3.05) is 31.7 Å². The van der Waals surface area contributed by atoms with Gasteiger partial charge in [-0.2, -0.15) is 0 Å². The van der Waals surface area contributed by atoms with Gasteiger partial charge < -0.3 is 15.4 Å². The summed E-state index contributed by atoms with van der Waals surface area (Å²) in [5.74, 6) is 0. The van der Waals surface area contributed by atoms with E-state index in [4.69, 9.17) is 10.5 Å². The first-order valence-corrected chi connectivity index (χ1v) is 6.38. The molecule has 1 saturated heterocycles. The highest BCUT2D eigenvalue weighted by atomic mass is 16.5. The van der Waals surface area contributed by atoms with Crippen LogP contribution in [-0.4, -0.2) is 32.8 Å². The van der Waals surface area contributed by atoms with E-state index in [-0.39, 0.29) is 0 Å². The summed E-state index contributed by atoms with van der Waals surface area (Å²) in [6.07, 6.45) is 3.17. The average molecular weight is 234 g/mol.